The van der Waals surface area contributed by atoms with Crippen LogP contribution in [0.3, 0.4) is 0 Å². The summed E-state index contributed by atoms with van der Waals surface area (Å²) in [6, 6.07) is 41.8. The molecule has 0 saturated carbocycles. The van der Waals surface area contributed by atoms with Gasteiger partial charge in [0.2, 0.25) is 0 Å². The van der Waals surface area contributed by atoms with Crippen molar-refractivity contribution < 1.29 is 4.74 Å². The molecule has 6 nitrogen and oxygen atoms in total. The second kappa shape index (κ2) is 11.0. The number of fused-ring (bicyclic) bond motifs is 3. The van der Waals surface area contributed by atoms with Crippen LogP contribution in [0.4, 0.5) is 0 Å². The highest BCUT2D eigenvalue weighted by molar-refractivity contribution is 8.02. The zero-order valence-electron chi connectivity index (χ0n) is 23.8. The SMILES string of the molecule is COc1ccc(C2=C(c3nnc(S)n3-c3ccccc3)c3cc(-c4ccccc4)cn3C3SC=C(c4ccccc4)N23)cc1. The molecule has 2 aromatic heterocycles. The number of benzene rings is 4. The first-order valence-electron chi connectivity index (χ1n) is 14.3. The van der Waals surface area contributed by atoms with Gasteiger partial charge in [-0.3, -0.25) is 4.57 Å². The lowest BCUT2D eigenvalue weighted by molar-refractivity contribution is 0.413. The molecule has 1 atom stereocenters. The molecule has 2 aliphatic rings. The number of nitrogens with zero attached hydrogens (tertiary/aromatic N) is 5. The van der Waals surface area contributed by atoms with Crippen LogP contribution in [0.5, 0.6) is 5.75 Å². The van der Waals surface area contributed by atoms with E-state index in [1.165, 1.54) is 0 Å². The maximum Gasteiger partial charge on any atom is 0.193 e. The van der Waals surface area contributed by atoms with Gasteiger partial charge >= 0.3 is 0 Å². The minimum atomic E-state index is -0.0397. The largest absolute Gasteiger partial charge is 0.497 e. The van der Waals surface area contributed by atoms with Gasteiger partial charge in [-0.25, -0.2) is 0 Å². The number of aromatic nitrogens is 4. The van der Waals surface area contributed by atoms with Crippen molar-refractivity contribution in [1.82, 2.24) is 24.2 Å². The first kappa shape index (κ1) is 26.7. The summed E-state index contributed by atoms with van der Waals surface area (Å²) in [6.45, 7) is 0. The van der Waals surface area contributed by atoms with Gasteiger partial charge in [0.25, 0.3) is 0 Å². The Morgan fingerprint density at radius 3 is 2.07 bits per heavy atom. The summed E-state index contributed by atoms with van der Waals surface area (Å²) in [7, 11) is 1.69. The lowest BCUT2D eigenvalue weighted by atomic mass is 9.97. The van der Waals surface area contributed by atoms with E-state index >= 15 is 0 Å². The zero-order chi connectivity index (χ0) is 29.6. The molecule has 2 aliphatic heterocycles. The van der Waals surface area contributed by atoms with E-state index in [0.29, 0.717) is 11.0 Å². The zero-order valence-corrected chi connectivity index (χ0v) is 25.5. The lowest BCUT2D eigenvalue weighted by Gasteiger charge is -2.39. The van der Waals surface area contributed by atoms with Gasteiger partial charge in [-0.2, -0.15) is 0 Å². The van der Waals surface area contributed by atoms with E-state index in [9.17, 15) is 0 Å². The monoisotopic (exact) mass is 609 g/mol. The van der Waals surface area contributed by atoms with Crippen molar-refractivity contribution in [3.8, 4) is 22.6 Å². The Balaban J connectivity index is 1.46. The third kappa shape index (κ3) is 4.37. The molecular formula is C36H27N5OS2. The number of para-hydroxylation sites is 1. The van der Waals surface area contributed by atoms with Crippen LogP contribution in [0.1, 0.15) is 28.1 Å². The van der Waals surface area contributed by atoms with Gasteiger partial charge in [0.05, 0.1) is 29.8 Å². The number of hydrogen-bond donors (Lipinski definition) is 1. The predicted molar refractivity (Wildman–Crippen MR) is 180 cm³/mol. The summed E-state index contributed by atoms with van der Waals surface area (Å²) in [6.07, 6.45) is 2.26. The lowest BCUT2D eigenvalue weighted by Crippen LogP contribution is -2.31. The summed E-state index contributed by atoms with van der Waals surface area (Å²) in [5, 5.41) is 12.1. The minimum absolute atomic E-state index is 0.0397. The van der Waals surface area contributed by atoms with Gasteiger partial charge in [-0.1, -0.05) is 90.6 Å². The topological polar surface area (TPSA) is 48.1 Å². The molecular weight excluding hydrogens is 583 g/mol. The molecule has 4 heterocycles. The molecule has 0 N–H and O–H groups in total. The van der Waals surface area contributed by atoms with Crippen LogP contribution >= 0.6 is 24.4 Å². The summed E-state index contributed by atoms with van der Waals surface area (Å²) >= 11 is 6.59. The molecule has 8 heteroatoms. The Morgan fingerprint density at radius 1 is 0.727 bits per heavy atom. The van der Waals surface area contributed by atoms with E-state index < -0.39 is 0 Å². The molecule has 0 spiro atoms. The van der Waals surface area contributed by atoms with E-state index in [4.69, 9.17) is 22.5 Å². The highest BCUT2D eigenvalue weighted by atomic mass is 32.2. The van der Waals surface area contributed by atoms with Crippen molar-refractivity contribution >= 4 is 41.4 Å². The minimum Gasteiger partial charge on any atom is -0.497 e. The number of thiol groups is 1. The Kier molecular flexibility index (Phi) is 6.65. The first-order valence-corrected chi connectivity index (χ1v) is 15.7. The fourth-order valence-electron chi connectivity index (χ4n) is 6.00. The van der Waals surface area contributed by atoms with Crippen molar-refractivity contribution in [2.45, 2.75) is 10.7 Å². The van der Waals surface area contributed by atoms with Crippen LogP contribution in [-0.2, 0) is 0 Å². The Bertz CT molecular complexity index is 2030. The standard InChI is InChI=1S/C36H27N5OS2/c1-42-29-19-17-26(18-20-29)33-32(34-37-38-35(43)40(34)28-15-9-4-10-16-28)30-21-27(24-11-5-2-6-12-24)22-39(30)36-41(33)31(23-44-36)25-13-7-3-8-14-25/h2-23,36H,1H3,(H,38,43). The molecule has 44 heavy (non-hydrogen) atoms. The highest BCUT2D eigenvalue weighted by Gasteiger charge is 2.41. The third-order valence-electron chi connectivity index (χ3n) is 8.03. The molecule has 214 valence electrons. The van der Waals surface area contributed by atoms with Gasteiger partial charge in [-0.05, 0) is 64.6 Å². The van der Waals surface area contributed by atoms with Crippen molar-refractivity contribution in [2.75, 3.05) is 7.11 Å². The summed E-state index contributed by atoms with van der Waals surface area (Å²) in [5.74, 6) is 1.52. The van der Waals surface area contributed by atoms with Gasteiger partial charge in [0.15, 0.2) is 16.5 Å². The molecule has 1 unspecified atom stereocenters. The average Bonchev–Trinajstić information content (AvgIpc) is 3.82. The summed E-state index contributed by atoms with van der Waals surface area (Å²) < 4.78 is 9.94. The number of thioether (sulfide) groups is 1. The van der Waals surface area contributed by atoms with E-state index in [-0.39, 0.29) is 5.50 Å². The fourth-order valence-corrected chi connectivity index (χ4v) is 7.40. The van der Waals surface area contributed by atoms with Crippen molar-refractivity contribution in [1.29, 1.82) is 0 Å². The maximum atomic E-state index is 5.55. The average molecular weight is 610 g/mol. The second-order valence-corrected chi connectivity index (χ2v) is 11.9. The van der Waals surface area contributed by atoms with Crippen LogP contribution in [0, 0.1) is 0 Å². The molecule has 0 fully saturated rings. The van der Waals surface area contributed by atoms with E-state index in [1.807, 2.05) is 41.0 Å². The van der Waals surface area contributed by atoms with E-state index in [2.05, 4.69) is 111 Å². The van der Waals surface area contributed by atoms with Crippen molar-refractivity contribution in [3.05, 3.63) is 156 Å². The Hall–Kier alpha value is -4.92. The van der Waals surface area contributed by atoms with Crippen LogP contribution in [0.25, 0.3) is 33.8 Å². The second-order valence-electron chi connectivity index (χ2n) is 10.5. The number of ether oxygens (including phenoxy) is 1. The van der Waals surface area contributed by atoms with Crippen LogP contribution in [0.15, 0.2) is 138 Å². The Labute approximate surface area is 265 Å². The van der Waals surface area contributed by atoms with Gasteiger partial charge in [-0.15, -0.1) is 22.8 Å². The molecule has 0 aliphatic carbocycles. The first-order chi connectivity index (χ1) is 21.7. The van der Waals surface area contributed by atoms with Gasteiger partial charge in [0.1, 0.15) is 5.75 Å². The normalized spacial score (nSPS) is 15.6. The summed E-state index contributed by atoms with van der Waals surface area (Å²) in [4.78, 5) is 2.43. The molecule has 0 bridgehead atoms. The van der Waals surface area contributed by atoms with E-state index in [0.717, 1.165) is 56.4 Å². The van der Waals surface area contributed by atoms with Crippen molar-refractivity contribution in [2.24, 2.45) is 0 Å². The van der Waals surface area contributed by atoms with Crippen LogP contribution in [-0.4, -0.2) is 31.3 Å². The molecule has 4 aromatic carbocycles. The maximum absolute atomic E-state index is 5.55. The smallest absolute Gasteiger partial charge is 0.193 e. The molecule has 0 saturated heterocycles. The fraction of sp³-hybridized carbons (Fsp3) is 0.0556. The third-order valence-corrected chi connectivity index (χ3v) is 9.36. The van der Waals surface area contributed by atoms with Crippen LogP contribution in [0.2, 0.25) is 0 Å². The number of hydrogen-bond acceptors (Lipinski definition) is 6. The summed E-state index contributed by atoms with van der Waals surface area (Å²) in [5.41, 5.74) is 9.59. The highest BCUT2D eigenvalue weighted by Crippen LogP contribution is 2.55. The quantitative estimate of drug-likeness (QED) is 0.192. The molecule has 6 aromatic rings. The van der Waals surface area contributed by atoms with E-state index in [1.54, 1.807) is 18.9 Å². The molecule has 8 rings (SSSR count). The number of rotatable bonds is 6. The van der Waals surface area contributed by atoms with Gasteiger partial charge < -0.3 is 14.2 Å². The van der Waals surface area contributed by atoms with Crippen molar-refractivity contribution in [3.63, 3.8) is 0 Å². The predicted octanol–water partition coefficient (Wildman–Crippen LogP) is 8.47. The number of methoxy groups -OCH3 is 1. The molecule has 0 amide bonds. The Morgan fingerprint density at radius 2 is 1.39 bits per heavy atom. The molecule has 0 radical (unpaired) electrons. The van der Waals surface area contributed by atoms with Gasteiger partial charge in [0, 0.05) is 17.4 Å². The van der Waals surface area contributed by atoms with Crippen LogP contribution < -0.4 is 4.74 Å².